The van der Waals surface area contributed by atoms with Crippen molar-refractivity contribution in [2.45, 2.75) is 48.5 Å². The van der Waals surface area contributed by atoms with E-state index in [1.807, 2.05) is 32.6 Å². The Labute approximate surface area is 203 Å². The van der Waals surface area contributed by atoms with E-state index in [1.54, 1.807) is 6.08 Å². The fourth-order valence-corrected chi connectivity index (χ4v) is 4.82. The summed E-state index contributed by atoms with van der Waals surface area (Å²) in [5, 5.41) is 1.08. The number of ether oxygens (including phenoxy) is 1. The Morgan fingerprint density at radius 3 is 2.41 bits per heavy atom. The highest BCUT2D eigenvalue weighted by Gasteiger charge is 2.23. The Kier molecular flexibility index (Phi) is 6.74. The summed E-state index contributed by atoms with van der Waals surface area (Å²) in [5.74, 6) is 1.76. The van der Waals surface area contributed by atoms with E-state index in [-0.39, 0.29) is 5.91 Å². The summed E-state index contributed by atoms with van der Waals surface area (Å²) >= 11 is 0. The fourth-order valence-electron chi connectivity index (χ4n) is 4.82. The maximum absolute atomic E-state index is 13.2. The molecule has 180 valence electrons. The molecule has 2 heterocycles. The molecular weight excluding hydrogens is 424 g/mol. The summed E-state index contributed by atoms with van der Waals surface area (Å²) in [5.41, 5.74) is 8.65. The van der Waals surface area contributed by atoms with Gasteiger partial charge in [0.2, 0.25) is 5.91 Å². The third-order valence-corrected chi connectivity index (χ3v) is 7.00. The van der Waals surface area contributed by atoms with Crippen molar-refractivity contribution in [3.05, 3.63) is 63.9 Å². The molecule has 1 aliphatic heterocycles. The van der Waals surface area contributed by atoms with Gasteiger partial charge in [0.15, 0.2) is 0 Å². The average molecular weight is 461 g/mol. The molecule has 1 fully saturated rings. The number of furan rings is 1. The predicted molar refractivity (Wildman–Crippen MR) is 140 cm³/mol. The summed E-state index contributed by atoms with van der Waals surface area (Å²) in [7, 11) is 0. The van der Waals surface area contributed by atoms with Crippen molar-refractivity contribution in [3.63, 3.8) is 0 Å². The number of aryl methyl sites for hydroxylation is 5. The monoisotopic (exact) mass is 460 g/mol. The molecule has 2 aromatic carbocycles. The zero-order valence-corrected chi connectivity index (χ0v) is 21.5. The Balaban J connectivity index is 1.57. The molecule has 1 aromatic heterocycles. The number of anilines is 1. The number of carbonyl (C=O) groups is 1. The minimum atomic E-state index is 0.0541. The normalized spacial score (nSPS) is 14.7. The molecule has 0 aliphatic carbocycles. The van der Waals surface area contributed by atoms with Crippen LogP contribution >= 0.6 is 0 Å². The van der Waals surface area contributed by atoms with E-state index in [2.05, 4.69) is 49.9 Å². The molecule has 0 unspecified atom stereocenters. The molecule has 5 nitrogen and oxygen atoms in total. The van der Waals surface area contributed by atoms with Crippen LogP contribution in [0.5, 0.6) is 5.75 Å². The fraction of sp³-hybridized carbons (Fsp3) is 0.414. The van der Waals surface area contributed by atoms with Crippen LogP contribution in [0.1, 0.15) is 47.4 Å². The van der Waals surface area contributed by atoms with Crippen molar-refractivity contribution in [2.75, 3.05) is 37.7 Å². The smallest absolute Gasteiger partial charge is 0.246 e. The second-order valence-corrected chi connectivity index (χ2v) is 9.40. The second kappa shape index (κ2) is 9.57. The Bertz CT molecular complexity index is 1260. The first-order valence-electron chi connectivity index (χ1n) is 12.2. The lowest BCUT2D eigenvalue weighted by Gasteiger charge is -2.36. The highest BCUT2D eigenvalue weighted by Crippen LogP contribution is 2.39. The van der Waals surface area contributed by atoms with E-state index >= 15 is 0 Å². The highest BCUT2D eigenvalue weighted by atomic mass is 16.5. The Morgan fingerprint density at radius 1 is 1.03 bits per heavy atom. The highest BCUT2D eigenvalue weighted by molar-refractivity contribution is 5.98. The number of carbonyl (C=O) groups excluding carboxylic acids is 1. The third kappa shape index (κ3) is 4.44. The maximum atomic E-state index is 13.2. The summed E-state index contributed by atoms with van der Waals surface area (Å²) < 4.78 is 12.0. The van der Waals surface area contributed by atoms with Gasteiger partial charge in [-0.3, -0.25) is 4.79 Å². The number of benzene rings is 2. The molecule has 1 saturated heterocycles. The van der Waals surface area contributed by atoms with E-state index < -0.39 is 0 Å². The van der Waals surface area contributed by atoms with Gasteiger partial charge in [0.1, 0.15) is 17.1 Å². The Morgan fingerprint density at radius 2 is 1.74 bits per heavy atom. The van der Waals surface area contributed by atoms with Crippen molar-refractivity contribution in [2.24, 2.45) is 0 Å². The molecule has 1 amide bonds. The third-order valence-electron chi connectivity index (χ3n) is 7.00. The molecule has 1 aliphatic rings. The summed E-state index contributed by atoms with van der Waals surface area (Å²) in [4.78, 5) is 17.5. The quantitative estimate of drug-likeness (QED) is 0.430. The minimum Gasteiger partial charge on any atom is -0.493 e. The van der Waals surface area contributed by atoms with Crippen molar-refractivity contribution in [1.29, 1.82) is 0 Å². The van der Waals surface area contributed by atoms with E-state index in [0.717, 1.165) is 57.8 Å². The molecule has 34 heavy (non-hydrogen) atoms. The van der Waals surface area contributed by atoms with Gasteiger partial charge in [0.25, 0.3) is 0 Å². The molecule has 0 bridgehead atoms. The number of nitrogens with zero attached hydrogens (tertiary/aromatic N) is 2. The van der Waals surface area contributed by atoms with Crippen LogP contribution < -0.4 is 9.64 Å². The zero-order valence-electron chi connectivity index (χ0n) is 21.5. The van der Waals surface area contributed by atoms with Crippen LogP contribution in [0.25, 0.3) is 16.5 Å². The van der Waals surface area contributed by atoms with Crippen molar-refractivity contribution < 1.29 is 13.9 Å². The van der Waals surface area contributed by atoms with Gasteiger partial charge in [-0.25, -0.2) is 0 Å². The van der Waals surface area contributed by atoms with Crippen LogP contribution in [0.4, 0.5) is 5.69 Å². The number of allylic oxidation sites excluding steroid dienone is 1. The Hall–Kier alpha value is -3.21. The SMILES string of the molecule is CCOc1c(/C(C)=C/C(=O)N2CCN(c3cc(C)ccc3C)CC2)cc2c(C)c(C)oc2c1C. The minimum absolute atomic E-state index is 0.0541. The van der Waals surface area contributed by atoms with Crippen LogP contribution in [-0.4, -0.2) is 43.6 Å². The van der Waals surface area contributed by atoms with Crippen LogP contribution in [-0.2, 0) is 4.79 Å². The molecular formula is C29H36N2O3. The topological polar surface area (TPSA) is 45.9 Å². The first kappa shape index (κ1) is 23.9. The molecule has 4 rings (SSSR count). The van der Waals surface area contributed by atoms with Gasteiger partial charge in [-0.2, -0.15) is 0 Å². The number of hydrogen-bond acceptors (Lipinski definition) is 4. The van der Waals surface area contributed by atoms with Crippen molar-refractivity contribution >= 4 is 28.1 Å². The van der Waals surface area contributed by atoms with Gasteiger partial charge >= 0.3 is 0 Å². The lowest BCUT2D eigenvalue weighted by molar-refractivity contribution is -0.126. The van der Waals surface area contributed by atoms with Crippen LogP contribution in [0.3, 0.4) is 0 Å². The van der Waals surface area contributed by atoms with Gasteiger partial charge in [-0.05, 0) is 82.9 Å². The van der Waals surface area contributed by atoms with Crippen LogP contribution in [0, 0.1) is 34.6 Å². The lowest BCUT2D eigenvalue weighted by atomic mass is 9.98. The zero-order chi connectivity index (χ0) is 24.6. The van der Waals surface area contributed by atoms with Gasteiger partial charge in [0, 0.05) is 54.5 Å². The number of hydrogen-bond donors (Lipinski definition) is 0. The van der Waals surface area contributed by atoms with E-state index in [9.17, 15) is 4.79 Å². The number of amides is 1. The summed E-state index contributed by atoms with van der Waals surface area (Å²) in [6, 6.07) is 8.67. The van der Waals surface area contributed by atoms with Gasteiger partial charge < -0.3 is 19.0 Å². The molecule has 0 atom stereocenters. The number of rotatable bonds is 5. The summed E-state index contributed by atoms with van der Waals surface area (Å²) in [6.45, 7) is 18.0. The van der Waals surface area contributed by atoms with E-state index in [1.165, 1.54) is 16.8 Å². The van der Waals surface area contributed by atoms with Crippen molar-refractivity contribution in [1.82, 2.24) is 4.90 Å². The van der Waals surface area contributed by atoms with Crippen LogP contribution in [0.2, 0.25) is 0 Å². The molecule has 3 aromatic rings. The first-order valence-corrected chi connectivity index (χ1v) is 12.2. The molecule has 0 radical (unpaired) electrons. The second-order valence-electron chi connectivity index (χ2n) is 9.40. The van der Waals surface area contributed by atoms with Gasteiger partial charge in [-0.15, -0.1) is 0 Å². The number of fused-ring (bicyclic) bond motifs is 1. The van der Waals surface area contributed by atoms with Crippen molar-refractivity contribution in [3.8, 4) is 5.75 Å². The average Bonchev–Trinajstić information content (AvgIpc) is 3.11. The largest absolute Gasteiger partial charge is 0.493 e. The predicted octanol–water partition coefficient (Wildman–Crippen LogP) is 6.13. The summed E-state index contributed by atoms with van der Waals surface area (Å²) in [6.07, 6.45) is 1.76. The van der Waals surface area contributed by atoms with Gasteiger partial charge in [-0.1, -0.05) is 12.1 Å². The molecule has 0 spiro atoms. The molecule has 5 heteroatoms. The lowest BCUT2D eigenvalue weighted by Crippen LogP contribution is -2.48. The molecule has 0 saturated carbocycles. The standard InChI is InChI=1S/C29H36N2O3/c1-8-33-28-22(6)29-25(21(5)23(7)34-29)17-24(28)20(4)16-27(32)31-13-11-30(12-14-31)26-15-18(2)9-10-19(26)3/h9-10,15-17H,8,11-14H2,1-7H3/b20-16+. The first-order chi connectivity index (χ1) is 16.2. The molecule has 0 N–H and O–H groups in total. The van der Waals surface area contributed by atoms with E-state index in [0.29, 0.717) is 19.7 Å². The van der Waals surface area contributed by atoms with Gasteiger partial charge in [0.05, 0.1) is 6.61 Å². The maximum Gasteiger partial charge on any atom is 0.246 e. The van der Waals surface area contributed by atoms with Crippen LogP contribution in [0.15, 0.2) is 34.8 Å². The number of piperazine rings is 1. The van der Waals surface area contributed by atoms with E-state index in [4.69, 9.17) is 9.15 Å².